The van der Waals surface area contributed by atoms with E-state index in [-0.39, 0.29) is 6.10 Å². The molecule has 14 heavy (non-hydrogen) atoms. The third-order valence-electron chi connectivity index (χ3n) is 1.51. The first-order valence-corrected chi connectivity index (χ1v) is 8.25. The van der Waals surface area contributed by atoms with Crippen LogP contribution in [-0.2, 0) is 4.43 Å². The first-order chi connectivity index (χ1) is 6.49. The predicted octanol–water partition coefficient (Wildman–Crippen LogP) is 3.25. The molecule has 0 fully saturated rings. The van der Waals surface area contributed by atoms with E-state index in [0.29, 0.717) is 0 Å². The van der Waals surface area contributed by atoms with Crippen LogP contribution in [0, 0.1) is 11.3 Å². The van der Waals surface area contributed by atoms with Gasteiger partial charge in [0, 0.05) is 0 Å². The van der Waals surface area contributed by atoms with Crippen LogP contribution in [0.5, 0.6) is 0 Å². The molecule has 0 N–H and O–H groups in total. The van der Waals surface area contributed by atoms with Crippen molar-refractivity contribution in [1.29, 1.82) is 5.26 Å². The topological polar surface area (TPSA) is 33.0 Å². The van der Waals surface area contributed by atoms with Gasteiger partial charge in [-0.25, -0.2) is 0 Å². The lowest BCUT2D eigenvalue weighted by atomic mass is 10.2. The van der Waals surface area contributed by atoms with E-state index in [1.54, 1.807) is 6.08 Å². The third kappa shape index (κ3) is 7.78. The lowest BCUT2D eigenvalue weighted by Gasteiger charge is -2.21. The van der Waals surface area contributed by atoms with E-state index >= 15 is 0 Å². The van der Waals surface area contributed by atoms with Crippen LogP contribution in [-0.4, -0.2) is 14.4 Å². The normalized spacial score (nSPS) is 13.9. The summed E-state index contributed by atoms with van der Waals surface area (Å²) < 4.78 is 5.69. The van der Waals surface area contributed by atoms with Crippen LogP contribution in [0.25, 0.3) is 0 Å². The largest absolute Gasteiger partial charge is 0.402 e. The van der Waals surface area contributed by atoms with Gasteiger partial charge in [0.25, 0.3) is 0 Å². The number of hydrogen-bond donors (Lipinski definition) is 0. The second-order valence-corrected chi connectivity index (χ2v) is 8.55. The van der Waals surface area contributed by atoms with Crippen molar-refractivity contribution in [2.45, 2.75) is 38.6 Å². The fraction of sp³-hybridized carbons (Fsp3) is 0.545. The summed E-state index contributed by atoms with van der Waals surface area (Å²) in [7, 11) is -1.58. The minimum Gasteiger partial charge on any atom is -0.402 e. The Labute approximate surface area is 88.0 Å². The molecule has 0 radical (unpaired) electrons. The lowest BCUT2D eigenvalue weighted by molar-refractivity contribution is 0.239. The Hall–Kier alpha value is -0.853. The molecular formula is C11H19NOSi. The number of nitrogens with zero attached hydrogens (tertiary/aromatic N) is 1. The maximum Gasteiger partial charge on any atom is 0.185 e. The SMILES string of the molecule is C=C/C=C/CCC(C#N)O[Si](C)(C)C. The van der Waals surface area contributed by atoms with E-state index < -0.39 is 8.32 Å². The molecule has 0 saturated carbocycles. The molecule has 0 amide bonds. The van der Waals surface area contributed by atoms with Gasteiger partial charge in [-0.2, -0.15) is 5.26 Å². The Morgan fingerprint density at radius 1 is 1.50 bits per heavy atom. The molecule has 2 nitrogen and oxygen atoms in total. The van der Waals surface area contributed by atoms with Gasteiger partial charge in [-0.15, -0.1) is 0 Å². The van der Waals surface area contributed by atoms with Crippen molar-refractivity contribution in [2.24, 2.45) is 0 Å². The summed E-state index contributed by atoms with van der Waals surface area (Å²) in [5.41, 5.74) is 0. The summed E-state index contributed by atoms with van der Waals surface area (Å²) in [5, 5.41) is 8.85. The van der Waals surface area contributed by atoms with Crippen LogP contribution in [0.3, 0.4) is 0 Å². The Morgan fingerprint density at radius 2 is 2.14 bits per heavy atom. The molecular weight excluding hydrogens is 190 g/mol. The van der Waals surface area contributed by atoms with E-state index in [9.17, 15) is 0 Å². The molecule has 0 heterocycles. The predicted molar refractivity (Wildman–Crippen MR) is 62.4 cm³/mol. The summed E-state index contributed by atoms with van der Waals surface area (Å²) in [6.07, 6.45) is 7.02. The maximum atomic E-state index is 8.85. The van der Waals surface area contributed by atoms with Gasteiger partial charge in [0.2, 0.25) is 0 Å². The molecule has 3 heteroatoms. The van der Waals surface area contributed by atoms with Crippen LogP contribution >= 0.6 is 0 Å². The monoisotopic (exact) mass is 209 g/mol. The van der Waals surface area contributed by atoms with Gasteiger partial charge in [-0.05, 0) is 32.5 Å². The van der Waals surface area contributed by atoms with Gasteiger partial charge in [0.15, 0.2) is 8.32 Å². The van der Waals surface area contributed by atoms with Crippen molar-refractivity contribution in [3.05, 3.63) is 24.8 Å². The minimum absolute atomic E-state index is 0.254. The molecule has 0 aromatic rings. The second kappa shape index (κ2) is 6.58. The number of allylic oxidation sites excluding steroid dienone is 3. The molecule has 0 aromatic carbocycles. The van der Waals surface area contributed by atoms with Crippen molar-refractivity contribution >= 4 is 8.32 Å². The van der Waals surface area contributed by atoms with Crippen molar-refractivity contribution in [2.75, 3.05) is 0 Å². The summed E-state index contributed by atoms with van der Waals surface area (Å²) in [5.74, 6) is 0. The van der Waals surface area contributed by atoms with Gasteiger partial charge < -0.3 is 4.43 Å². The zero-order valence-electron chi connectivity index (χ0n) is 9.29. The fourth-order valence-corrected chi connectivity index (χ4v) is 2.04. The van der Waals surface area contributed by atoms with Gasteiger partial charge in [-0.1, -0.05) is 24.8 Å². The second-order valence-electron chi connectivity index (χ2n) is 4.09. The highest BCUT2D eigenvalue weighted by Crippen LogP contribution is 2.11. The average molecular weight is 209 g/mol. The molecule has 0 aliphatic carbocycles. The van der Waals surface area contributed by atoms with Crippen molar-refractivity contribution in [3.63, 3.8) is 0 Å². The van der Waals surface area contributed by atoms with Crippen LogP contribution in [0.4, 0.5) is 0 Å². The molecule has 0 aliphatic rings. The van der Waals surface area contributed by atoms with Crippen LogP contribution < -0.4 is 0 Å². The van der Waals surface area contributed by atoms with Crippen LogP contribution in [0.2, 0.25) is 19.6 Å². The van der Waals surface area contributed by atoms with Crippen LogP contribution in [0.15, 0.2) is 24.8 Å². The molecule has 0 bridgehead atoms. The molecule has 0 aliphatic heterocycles. The maximum absolute atomic E-state index is 8.85. The van der Waals surface area contributed by atoms with Gasteiger partial charge >= 0.3 is 0 Å². The Morgan fingerprint density at radius 3 is 2.57 bits per heavy atom. The third-order valence-corrected chi connectivity index (χ3v) is 2.50. The Balaban J connectivity index is 3.88. The quantitative estimate of drug-likeness (QED) is 0.497. The van der Waals surface area contributed by atoms with Gasteiger partial charge in [0.05, 0.1) is 6.07 Å². The van der Waals surface area contributed by atoms with Crippen LogP contribution in [0.1, 0.15) is 12.8 Å². The molecule has 1 atom stereocenters. The van der Waals surface area contributed by atoms with E-state index in [1.807, 2.05) is 12.2 Å². The Bertz CT molecular complexity index is 235. The smallest absolute Gasteiger partial charge is 0.185 e. The van der Waals surface area contributed by atoms with E-state index in [4.69, 9.17) is 9.69 Å². The number of hydrogen-bond acceptors (Lipinski definition) is 2. The average Bonchev–Trinajstić information content (AvgIpc) is 2.08. The standard InChI is InChI=1S/C11H19NOSi/c1-5-6-7-8-9-11(10-12)13-14(2,3)4/h5-7,11H,1,8-9H2,2-4H3/b7-6+. The van der Waals surface area contributed by atoms with E-state index in [1.165, 1.54) is 0 Å². The highest BCUT2D eigenvalue weighted by atomic mass is 28.4. The first-order valence-electron chi connectivity index (χ1n) is 4.84. The van der Waals surface area contributed by atoms with Gasteiger partial charge in [-0.3, -0.25) is 0 Å². The first kappa shape index (κ1) is 13.1. The summed E-state index contributed by atoms with van der Waals surface area (Å²) in [6, 6.07) is 2.19. The van der Waals surface area contributed by atoms with Crippen molar-refractivity contribution < 1.29 is 4.43 Å². The summed E-state index contributed by atoms with van der Waals surface area (Å²) in [4.78, 5) is 0. The molecule has 0 aromatic heterocycles. The highest BCUT2D eigenvalue weighted by molar-refractivity contribution is 6.69. The number of rotatable bonds is 6. The number of nitriles is 1. The van der Waals surface area contributed by atoms with E-state index in [0.717, 1.165) is 12.8 Å². The molecule has 0 saturated heterocycles. The van der Waals surface area contributed by atoms with Gasteiger partial charge in [0.1, 0.15) is 6.10 Å². The molecule has 0 spiro atoms. The van der Waals surface area contributed by atoms with Crippen molar-refractivity contribution in [1.82, 2.24) is 0 Å². The molecule has 1 unspecified atom stereocenters. The van der Waals surface area contributed by atoms with Crippen molar-refractivity contribution in [3.8, 4) is 6.07 Å². The molecule has 0 rings (SSSR count). The zero-order chi connectivity index (χ0) is 11.0. The summed E-state index contributed by atoms with van der Waals surface area (Å²) >= 11 is 0. The summed E-state index contributed by atoms with van der Waals surface area (Å²) in [6.45, 7) is 9.86. The zero-order valence-corrected chi connectivity index (χ0v) is 10.3. The molecule has 78 valence electrons. The van der Waals surface area contributed by atoms with E-state index in [2.05, 4.69) is 32.3 Å². The fourth-order valence-electron chi connectivity index (χ4n) is 1.02. The Kier molecular flexibility index (Phi) is 6.18. The highest BCUT2D eigenvalue weighted by Gasteiger charge is 2.19. The minimum atomic E-state index is -1.58. The lowest BCUT2D eigenvalue weighted by Crippen LogP contribution is -2.31.